The van der Waals surface area contributed by atoms with Gasteiger partial charge in [0.05, 0.1) is 11.4 Å². The van der Waals surface area contributed by atoms with Gasteiger partial charge in [0.2, 0.25) is 0 Å². The van der Waals surface area contributed by atoms with E-state index in [-0.39, 0.29) is 0 Å². The summed E-state index contributed by atoms with van der Waals surface area (Å²) in [6, 6.07) is 74.8. The molecule has 0 aliphatic heterocycles. The van der Waals surface area contributed by atoms with Crippen molar-refractivity contribution in [1.82, 2.24) is 9.97 Å². The second-order valence-corrected chi connectivity index (χ2v) is 19.2. The van der Waals surface area contributed by atoms with Crippen molar-refractivity contribution in [2.75, 3.05) is 0 Å². The molecule has 294 valence electrons. The maximum absolute atomic E-state index is 5.28. The molecule has 13 rings (SSSR count). The second-order valence-electron chi connectivity index (χ2n) is 16.0. The molecule has 0 aliphatic rings. The Morgan fingerprint density at radius 3 is 0.921 bits per heavy atom. The highest BCUT2D eigenvalue weighted by Gasteiger charge is 2.16. The molecular formula is C58H34N2S3. The minimum Gasteiger partial charge on any atom is -0.228 e. The largest absolute Gasteiger partial charge is 0.228 e. The molecule has 0 saturated carbocycles. The summed E-state index contributed by atoms with van der Waals surface area (Å²) in [5, 5.41) is 7.85. The first kappa shape index (κ1) is 36.4. The summed E-state index contributed by atoms with van der Waals surface area (Å²) in [6.07, 6.45) is 0. The van der Waals surface area contributed by atoms with E-state index in [0.717, 1.165) is 28.1 Å². The van der Waals surface area contributed by atoms with Gasteiger partial charge < -0.3 is 0 Å². The Kier molecular flexibility index (Phi) is 8.48. The topological polar surface area (TPSA) is 25.8 Å². The smallest absolute Gasteiger partial charge is 0.160 e. The van der Waals surface area contributed by atoms with Crippen molar-refractivity contribution in [2.45, 2.75) is 0 Å². The summed E-state index contributed by atoms with van der Waals surface area (Å²) in [6.45, 7) is 0. The highest BCUT2D eigenvalue weighted by Crippen LogP contribution is 2.43. The molecule has 4 heterocycles. The molecule has 5 heteroatoms. The van der Waals surface area contributed by atoms with Gasteiger partial charge in [0.15, 0.2) is 5.82 Å². The van der Waals surface area contributed by atoms with Gasteiger partial charge in [-0.05, 0) is 57.6 Å². The lowest BCUT2D eigenvalue weighted by atomic mass is 9.99. The zero-order valence-corrected chi connectivity index (χ0v) is 36.2. The lowest BCUT2D eigenvalue weighted by Gasteiger charge is -2.12. The molecule has 0 N–H and O–H groups in total. The van der Waals surface area contributed by atoms with Crippen molar-refractivity contribution < 1.29 is 0 Å². The maximum Gasteiger partial charge on any atom is 0.160 e. The molecule has 0 spiro atoms. The lowest BCUT2D eigenvalue weighted by molar-refractivity contribution is 1.18. The summed E-state index contributed by atoms with van der Waals surface area (Å²) < 4.78 is 7.88. The first-order chi connectivity index (χ1) is 31.2. The van der Waals surface area contributed by atoms with Gasteiger partial charge in [0.25, 0.3) is 0 Å². The number of hydrogen-bond acceptors (Lipinski definition) is 5. The van der Waals surface area contributed by atoms with Crippen molar-refractivity contribution in [2.24, 2.45) is 0 Å². The molecule has 0 atom stereocenters. The third kappa shape index (κ3) is 6.11. The fourth-order valence-electron chi connectivity index (χ4n) is 9.24. The van der Waals surface area contributed by atoms with E-state index in [0.29, 0.717) is 5.82 Å². The maximum atomic E-state index is 5.28. The van der Waals surface area contributed by atoms with Crippen molar-refractivity contribution in [3.05, 3.63) is 206 Å². The molecular weight excluding hydrogens is 821 g/mol. The zero-order valence-electron chi connectivity index (χ0n) is 33.7. The van der Waals surface area contributed by atoms with E-state index in [1.54, 1.807) is 0 Å². The molecule has 13 aromatic rings. The molecule has 0 aliphatic carbocycles. The van der Waals surface area contributed by atoms with Gasteiger partial charge in [0, 0.05) is 77.2 Å². The quantitative estimate of drug-likeness (QED) is 0.167. The van der Waals surface area contributed by atoms with E-state index < -0.39 is 0 Å². The van der Waals surface area contributed by atoms with E-state index >= 15 is 0 Å². The van der Waals surface area contributed by atoms with Gasteiger partial charge >= 0.3 is 0 Å². The van der Waals surface area contributed by atoms with E-state index in [1.807, 2.05) is 34.0 Å². The summed E-state index contributed by atoms with van der Waals surface area (Å²) in [5.74, 6) is 0.701. The number of aromatic nitrogens is 2. The normalized spacial score (nSPS) is 11.8. The molecule has 0 saturated heterocycles. The minimum atomic E-state index is 0.701. The van der Waals surface area contributed by atoms with Crippen LogP contribution in [0.15, 0.2) is 206 Å². The first-order valence-corrected chi connectivity index (χ1v) is 23.6. The van der Waals surface area contributed by atoms with Crippen LogP contribution in [0, 0.1) is 0 Å². The number of nitrogens with zero attached hydrogens (tertiary/aromatic N) is 2. The fraction of sp³-hybridized carbons (Fsp3) is 0. The Balaban J connectivity index is 0.903. The van der Waals surface area contributed by atoms with Crippen LogP contribution in [0.25, 0.3) is 128 Å². The van der Waals surface area contributed by atoms with E-state index in [2.05, 4.69) is 206 Å². The van der Waals surface area contributed by atoms with Crippen LogP contribution in [-0.4, -0.2) is 9.97 Å². The summed E-state index contributed by atoms with van der Waals surface area (Å²) in [5.41, 5.74) is 12.2. The molecule has 0 unspecified atom stereocenters. The Morgan fingerprint density at radius 2 is 0.556 bits per heavy atom. The number of rotatable bonds is 6. The Morgan fingerprint density at radius 1 is 0.254 bits per heavy atom. The Labute approximate surface area is 375 Å². The van der Waals surface area contributed by atoms with Crippen molar-refractivity contribution in [3.8, 4) is 67.3 Å². The number of benzene rings is 9. The molecule has 9 aromatic carbocycles. The number of fused-ring (bicyclic) bond motifs is 9. The predicted octanol–water partition coefficient (Wildman–Crippen LogP) is 17.6. The standard InChI is InChI=1S/C58H34N2S3/c1-4-19-52-44(10-1)47-16-7-13-41(55(47)61-52)35-22-28-38(29-23-35)50-34-51(39-30-24-36(25-31-39)42-14-8-17-48-45-11-2-5-20-53(45)62-56(42)48)60-58(59-50)40-32-26-37(27-33-40)43-15-9-18-49-46-12-3-6-21-54(46)63-57(43)49/h1-34H. The van der Waals surface area contributed by atoms with E-state index in [1.165, 1.54) is 93.9 Å². The Bertz CT molecular complexity index is 3470. The monoisotopic (exact) mass is 854 g/mol. The molecule has 0 bridgehead atoms. The van der Waals surface area contributed by atoms with Crippen molar-refractivity contribution in [1.29, 1.82) is 0 Å². The van der Waals surface area contributed by atoms with Gasteiger partial charge in [-0.1, -0.05) is 182 Å². The van der Waals surface area contributed by atoms with Gasteiger partial charge in [0.1, 0.15) is 0 Å². The fourth-order valence-corrected chi connectivity index (χ4v) is 13.0. The van der Waals surface area contributed by atoms with Crippen LogP contribution in [0.5, 0.6) is 0 Å². The van der Waals surface area contributed by atoms with Gasteiger partial charge in [-0.15, -0.1) is 34.0 Å². The third-order valence-electron chi connectivity index (χ3n) is 12.4. The third-order valence-corrected chi connectivity index (χ3v) is 16.0. The minimum absolute atomic E-state index is 0.701. The van der Waals surface area contributed by atoms with Crippen molar-refractivity contribution in [3.63, 3.8) is 0 Å². The molecule has 4 aromatic heterocycles. The number of thiophene rings is 3. The van der Waals surface area contributed by atoms with Crippen LogP contribution in [0.3, 0.4) is 0 Å². The average molecular weight is 855 g/mol. The van der Waals surface area contributed by atoms with Gasteiger partial charge in [-0.25, -0.2) is 9.97 Å². The molecule has 0 radical (unpaired) electrons. The summed E-state index contributed by atoms with van der Waals surface area (Å²) >= 11 is 5.59. The van der Waals surface area contributed by atoms with Crippen molar-refractivity contribution >= 4 is 94.5 Å². The summed E-state index contributed by atoms with van der Waals surface area (Å²) in [4.78, 5) is 10.6. The predicted molar refractivity (Wildman–Crippen MR) is 273 cm³/mol. The van der Waals surface area contributed by atoms with Crippen LogP contribution in [0.2, 0.25) is 0 Å². The molecule has 2 nitrogen and oxygen atoms in total. The zero-order chi connectivity index (χ0) is 41.4. The van der Waals surface area contributed by atoms with Gasteiger partial charge in [-0.3, -0.25) is 0 Å². The number of hydrogen-bond donors (Lipinski definition) is 0. The first-order valence-electron chi connectivity index (χ1n) is 21.1. The molecule has 0 amide bonds. The highest BCUT2D eigenvalue weighted by atomic mass is 32.1. The highest BCUT2D eigenvalue weighted by molar-refractivity contribution is 7.27. The van der Waals surface area contributed by atoms with Crippen LogP contribution in [0.4, 0.5) is 0 Å². The Hall–Kier alpha value is -7.28. The lowest BCUT2D eigenvalue weighted by Crippen LogP contribution is -1.96. The second kappa shape index (κ2) is 14.7. The van der Waals surface area contributed by atoms with Crippen LogP contribution in [0.1, 0.15) is 0 Å². The van der Waals surface area contributed by atoms with Crippen LogP contribution in [-0.2, 0) is 0 Å². The average Bonchev–Trinajstić information content (AvgIpc) is 4.06. The van der Waals surface area contributed by atoms with Gasteiger partial charge in [-0.2, -0.15) is 0 Å². The molecule has 0 fully saturated rings. The van der Waals surface area contributed by atoms with E-state index in [9.17, 15) is 0 Å². The van der Waals surface area contributed by atoms with Crippen LogP contribution >= 0.6 is 34.0 Å². The summed E-state index contributed by atoms with van der Waals surface area (Å²) in [7, 11) is 0. The SMILES string of the molecule is c1ccc2c(c1)sc1c(-c3ccc(-c4cc(-c5ccc(-c6cccc7c6sc6ccccc67)cc5)nc(-c5ccc(-c6cccc7c6sc6ccccc67)cc5)n4)cc3)cccc12. The van der Waals surface area contributed by atoms with Crippen LogP contribution < -0.4 is 0 Å². The van der Waals surface area contributed by atoms with E-state index in [4.69, 9.17) is 9.97 Å². The molecule has 63 heavy (non-hydrogen) atoms.